The highest BCUT2D eigenvalue weighted by Gasteiger charge is 2.26. The summed E-state index contributed by atoms with van der Waals surface area (Å²) in [7, 11) is 1.63. The van der Waals surface area contributed by atoms with E-state index >= 15 is 0 Å². The van der Waals surface area contributed by atoms with Crippen LogP contribution in [0, 0.1) is 11.3 Å². The Balaban J connectivity index is 1.68. The highest BCUT2D eigenvalue weighted by atomic mass is 32.2. The van der Waals surface area contributed by atoms with Gasteiger partial charge < -0.3 is 9.64 Å². The molecule has 0 N–H and O–H groups in total. The molecule has 0 saturated carbocycles. The number of rotatable bonds is 9. The molecule has 0 bridgehead atoms. The number of hydrogen-bond donors (Lipinski definition) is 0. The van der Waals surface area contributed by atoms with Gasteiger partial charge in [-0.05, 0) is 43.3 Å². The van der Waals surface area contributed by atoms with E-state index in [1.807, 2.05) is 96.4 Å². The summed E-state index contributed by atoms with van der Waals surface area (Å²) in [6, 6.07) is 29.0. The van der Waals surface area contributed by atoms with Crippen molar-refractivity contribution in [3.63, 3.8) is 0 Å². The molecular weight excluding hydrogens is 458 g/mol. The molecule has 0 spiro atoms. The van der Waals surface area contributed by atoms with Crippen molar-refractivity contribution in [1.82, 2.24) is 14.8 Å². The molecule has 0 aliphatic carbocycles. The van der Waals surface area contributed by atoms with Crippen molar-refractivity contribution in [2.24, 2.45) is 0 Å². The molecule has 1 aromatic heterocycles. The maximum atomic E-state index is 13.5. The van der Waals surface area contributed by atoms with Crippen LogP contribution in [0.2, 0.25) is 0 Å². The van der Waals surface area contributed by atoms with Crippen LogP contribution in [0.25, 0.3) is 17.1 Å². The standard InChI is InChI=1S/C27H25N5O2S/c1-20(26(33)31(18-10-17-28)22-12-5-3-6-13-22)35-27-30-29-25(21-11-9-16-24(19-21)34-2)32(27)23-14-7-4-8-15-23/h3-9,11-16,19-20H,10,18H2,1-2H3. The zero-order chi connectivity index (χ0) is 24.6. The monoisotopic (exact) mass is 483 g/mol. The van der Waals surface area contributed by atoms with Gasteiger partial charge in [0.1, 0.15) is 5.75 Å². The molecule has 0 aliphatic rings. The topological polar surface area (TPSA) is 84.0 Å². The second-order valence-corrected chi connectivity index (χ2v) is 9.01. The van der Waals surface area contributed by atoms with Gasteiger partial charge in [-0.25, -0.2) is 0 Å². The number of nitriles is 1. The van der Waals surface area contributed by atoms with E-state index in [-0.39, 0.29) is 12.3 Å². The molecule has 4 aromatic rings. The summed E-state index contributed by atoms with van der Waals surface area (Å²) in [6.07, 6.45) is 0.248. The Bertz CT molecular complexity index is 1320. The minimum absolute atomic E-state index is 0.0954. The predicted molar refractivity (Wildman–Crippen MR) is 138 cm³/mol. The van der Waals surface area contributed by atoms with Gasteiger partial charge in [0.2, 0.25) is 5.91 Å². The van der Waals surface area contributed by atoms with E-state index in [0.717, 1.165) is 22.7 Å². The normalized spacial score (nSPS) is 11.5. The van der Waals surface area contributed by atoms with Gasteiger partial charge in [0, 0.05) is 23.5 Å². The molecule has 8 heteroatoms. The first kappa shape index (κ1) is 24.0. The van der Waals surface area contributed by atoms with E-state index in [1.54, 1.807) is 12.0 Å². The Morgan fingerprint density at radius 3 is 2.46 bits per heavy atom. The van der Waals surface area contributed by atoms with E-state index in [0.29, 0.717) is 17.5 Å². The van der Waals surface area contributed by atoms with Gasteiger partial charge in [0.15, 0.2) is 11.0 Å². The third-order valence-electron chi connectivity index (χ3n) is 5.39. The molecule has 35 heavy (non-hydrogen) atoms. The quantitative estimate of drug-likeness (QED) is 0.298. The first-order valence-electron chi connectivity index (χ1n) is 11.2. The fourth-order valence-electron chi connectivity index (χ4n) is 3.67. The summed E-state index contributed by atoms with van der Waals surface area (Å²) in [5.74, 6) is 1.28. The highest BCUT2D eigenvalue weighted by Crippen LogP contribution is 2.32. The molecule has 0 fully saturated rings. The van der Waals surface area contributed by atoms with Crippen LogP contribution < -0.4 is 9.64 Å². The van der Waals surface area contributed by atoms with Gasteiger partial charge in [-0.3, -0.25) is 9.36 Å². The van der Waals surface area contributed by atoms with Gasteiger partial charge in [0.05, 0.1) is 24.8 Å². The van der Waals surface area contributed by atoms with Gasteiger partial charge in [-0.1, -0.05) is 60.3 Å². The largest absolute Gasteiger partial charge is 0.497 e. The molecule has 176 valence electrons. The van der Waals surface area contributed by atoms with Crippen LogP contribution in [0.3, 0.4) is 0 Å². The highest BCUT2D eigenvalue weighted by molar-refractivity contribution is 8.00. The van der Waals surface area contributed by atoms with Crippen molar-refractivity contribution in [2.75, 3.05) is 18.6 Å². The number of thioether (sulfide) groups is 1. The van der Waals surface area contributed by atoms with Gasteiger partial charge >= 0.3 is 0 Å². The van der Waals surface area contributed by atoms with Crippen LogP contribution >= 0.6 is 11.8 Å². The van der Waals surface area contributed by atoms with Crippen LogP contribution in [0.4, 0.5) is 5.69 Å². The van der Waals surface area contributed by atoms with Crippen molar-refractivity contribution in [3.05, 3.63) is 84.9 Å². The third kappa shape index (κ3) is 5.53. The summed E-state index contributed by atoms with van der Waals surface area (Å²) < 4.78 is 7.34. The molecule has 0 radical (unpaired) electrons. The number of aromatic nitrogens is 3. The average Bonchev–Trinajstić information content (AvgIpc) is 3.33. The lowest BCUT2D eigenvalue weighted by atomic mass is 10.2. The van der Waals surface area contributed by atoms with Crippen molar-refractivity contribution in [2.45, 2.75) is 23.8 Å². The second kappa shape index (κ2) is 11.4. The van der Waals surface area contributed by atoms with Crippen molar-refractivity contribution in [1.29, 1.82) is 5.26 Å². The van der Waals surface area contributed by atoms with Gasteiger partial charge in [-0.2, -0.15) is 5.26 Å². The number of amides is 1. The van der Waals surface area contributed by atoms with E-state index in [2.05, 4.69) is 16.3 Å². The zero-order valence-electron chi connectivity index (χ0n) is 19.5. The number of hydrogen-bond acceptors (Lipinski definition) is 6. The number of ether oxygens (including phenoxy) is 1. The van der Waals surface area contributed by atoms with Gasteiger partial charge in [0.25, 0.3) is 0 Å². The Kier molecular flexibility index (Phi) is 7.81. The smallest absolute Gasteiger partial charge is 0.240 e. The summed E-state index contributed by atoms with van der Waals surface area (Å²) in [6.45, 7) is 2.18. The number of nitrogens with zero attached hydrogens (tertiary/aromatic N) is 5. The van der Waals surface area contributed by atoms with Crippen molar-refractivity contribution < 1.29 is 9.53 Å². The first-order valence-corrected chi connectivity index (χ1v) is 12.1. The molecular formula is C27H25N5O2S. The maximum Gasteiger partial charge on any atom is 0.240 e. The van der Waals surface area contributed by atoms with Gasteiger partial charge in [-0.15, -0.1) is 10.2 Å². The molecule has 7 nitrogen and oxygen atoms in total. The minimum Gasteiger partial charge on any atom is -0.497 e. The maximum absolute atomic E-state index is 13.5. The predicted octanol–water partition coefficient (Wildman–Crippen LogP) is 5.37. The Labute approximate surface area is 209 Å². The van der Waals surface area contributed by atoms with E-state index in [1.165, 1.54) is 11.8 Å². The number of carbonyl (C=O) groups excluding carboxylic acids is 1. The molecule has 1 atom stereocenters. The Hall–Kier alpha value is -4.09. The first-order chi connectivity index (χ1) is 17.1. The fourth-order valence-corrected chi connectivity index (χ4v) is 4.60. The number of anilines is 1. The summed E-state index contributed by atoms with van der Waals surface area (Å²) in [4.78, 5) is 15.1. The molecule has 0 saturated heterocycles. The summed E-state index contributed by atoms with van der Waals surface area (Å²) >= 11 is 1.34. The molecule has 1 amide bonds. The number of benzene rings is 3. The summed E-state index contributed by atoms with van der Waals surface area (Å²) in [5, 5.41) is 18.2. The lowest BCUT2D eigenvalue weighted by Crippen LogP contribution is -2.37. The van der Waals surface area contributed by atoms with Crippen molar-refractivity contribution >= 4 is 23.4 Å². The fraction of sp³-hybridized carbons (Fsp3) is 0.185. The van der Waals surface area contributed by atoms with Crippen LogP contribution in [0.5, 0.6) is 5.75 Å². The van der Waals surface area contributed by atoms with Crippen LogP contribution in [0.15, 0.2) is 90.1 Å². The van der Waals surface area contributed by atoms with Crippen LogP contribution in [-0.4, -0.2) is 39.6 Å². The Morgan fingerprint density at radius 1 is 1.06 bits per heavy atom. The van der Waals surface area contributed by atoms with Crippen molar-refractivity contribution in [3.8, 4) is 28.9 Å². The lowest BCUT2D eigenvalue weighted by molar-refractivity contribution is -0.117. The zero-order valence-corrected chi connectivity index (χ0v) is 20.4. The van der Waals surface area contributed by atoms with E-state index < -0.39 is 5.25 Å². The molecule has 3 aromatic carbocycles. The number of carbonyl (C=O) groups is 1. The third-order valence-corrected chi connectivity index (χ3v) is 6.42. The molecule has 0 aliphatic heterocycles. The summed E-state index contributed by atoms with van der Waals surface area (Å²) in [5.41, 5.74) is 2.51. The number of para-hydroxylation sites is 2. The minimum atomic E-state index is -0.460. The Morgan fingerprint density at radius 2 is 1.77 bits per heavy atom. The van der Waals surface area contributed by atoms with Crippen LogP contribution in [-0.2, 0) is 4.79 Å². The van der Waals surface area contributed by atoms with E-state index in [4.69, 9.17) is 10.00 Å². The van der Waals surface area contributed by atoms with Crippen LogP contribution in [0.1, 0.15) is 13.3 Å². The molecule has 1 unspecified atom stereocenters. The molecule has 1 heterocycles. The average molecular weight is 484 g/mol. The number of methoxy groups -OCH3 is 1. The SMILES string of the molecule is COc1cccc(-c2nnc(SC(C)C(=O)N(CCC#N)c3ccccc3)n2-c2ccccc2)c1. The second-order valence-electron chi connectivity index (χ2n) is 7.70. The van der Waals surface area contributed by atoms with E-state index in [9.17, 15) is 4.79 Å². The lowest BCUT2D eigenvalue weighted by Gasteiger charge is -2.25. The molecule has 4 rings (SSSR count).